The molecular formula is C21H17N3OS3. The van der Waals surface area contributed by atoms with Crippen LogP contribution in [0.1, 0.15) is 5.69 Å². The molecule has 1 amide bonds. The van der Waals surface area contributed by atoms with Gasteiger partial charge in [0.25, 0.3) is 0 Å². The summed E-state index contributed by atoms with van der Waals surface area (Å²) >= 11 is 4.67. The zero-order valence-electron chi connectivity index (χ0n) is 14.9. The van der Waals surface area contributed by atoms with E-state index in [9.17, 15) is 4.79 Å². The van der Waals surface area contributed by atoms with E-state index in [1.54, 1.807) is 33.6 Å². The summed E-state index contributed by atoms with van der Waals surface area (Å²) in [6.45, 7) is 4.21. The summed E-state index contributed by atoms with van der Waals surface area (Å²) in [4.78, 5) is 23.9. The van der Waals surface area contributed by atoms with Gasteiger partial charge in [0.1, 0.15) is 5.01 Å². The van der Waals surface area contributed by atoms with Crippen molar-refractivity contribution in [1.29, 1.82) is 0 Å². The van der Waals surface area contributed by atoms with Crippen LogP contribution in [0.15, 0.2) is 70.6 Å². The van der Waals surface area contributed by atoms with Gasteiger partial charge in [0, 0.05) is 33.8 Å². The molecule has 4 nitrogen and oxygen atoms in total. The van der Waals surface area contributed by atoms with Gasteiger partial charge in [-0.2, -0.15) is 11.3 Å². The van der Waals surface area contributed by atoms with Crippen LogP contribution >= 0.6 is 34.0 Å². The number of nitrogens with zero attached hydrogens (tertiary/aromatic N) is 3. The van der Waals surface area contributed by atoms with Gasteiger partial charge in [-0.25, -0.2) is 9.97 Å². The second-order valence-corrected chi connectivity index (χ2v) is 8.48. The van der Waals surface area contributed by atoms with Gasteiger partial charge in [0.2, 0.25) is 5.91 Å². The molecule has 0 spiro atoms. The van der Waals surface area contributed by atoms with Gasteiger partial charge in [0.05, 0.1) is 17.8 Å². The molecule has 4 rings (SSSR count). The average molecular weight is 424 g/mol. The van der Waals surface area contributed by atoms with Gasteiger partial charge in [-0.15, -0.1) is 29.3 Å². The molecular weight excluding hydrogens is 406 g/mol. The first-order chi connectivity index (χ1) is 13.7. The van der Waals surface area contributed by atoms with Crippen LogP contribution in [-0.2, 0) is 11.2 Å². The Balaban J connectivity index is 1.52. The molecule has 3 heterocycles. The summed E-state index contributed by atoms with van der Waals surface area (Å²) in [5.74, 6) is -0.0315. The van der Waals surface area contributed by atoms with Crippen LogP contribution in [0.2, 0.25) is 0 Å². The lowest BCUT2D eigenvalue weighted by Crippen LogP contribution is -2.32. The van der Waals surface area contributed by atoms with Gasteiger partial charge in [-0.05, 0) is 11.4 Å². The number of amides is 1. The zero-order valence-corrected chi connectivity index (χ0v) is 17.4. The standard InChI is InChI=1S/C21H17N3OS3/c1-2-9-24(21-23-18(14-28-21)15-6-4-3-5-7-15)19(25)11-17-13-27-20(22-17)16-8-10-26-12-16/h2-8,10,12-14H,1,9,11H2. The van der Waals surface area contributed by atoms with E-state index in [2.05, 4.69) is 21.9 Å². The summed E-state index contributed by atoms with van der Waals surface area (Å²) in [5, 5.41) is 9.65. The highest BCUT2D eigenvalue weighted by molar-refractivity contribution is 7.14. The number of thiazole rings is 2. The van der Waals surface area contributed by atoms with Crippen molar-refractivity contribution in [3.63, 3.8) is 0 Å². The average Bonchev–Trinajstić information content (AvgIpc) is 3.47. The minimum atomic E-state index is -0.0315. The lowest BCUT2D eigenvalue weighted by Gasteiger charge is -2.17. The fraction of sp³-hybridized carbons (Fsp3) is 0.0952. The van der Waals surface area contributed by atoms with Gasteiger partial charge < -0.3 is 0 Å². The molecule has 28 heavy (non-hydrogen) atoms. The molecule has 0 unspecified atom stereocenters. The first-order valence-electron chi connectivity index (χ1n) is 8.64. The lowest BCUT2D eigenvalue weighted by atomic mass is 10.2. The number of anilines is 1. The molecule has 0 saturated carbocycles. The normalized spacial score (nSPS) is 10.7. The highest BCUT2D eigenvalue weighted by Crippen LogP contribution is 2.29. The van der Waals surface area contributed by atoms with Crippen molar-refractivity contribution in [1.82, 2.24) is 9.97 Å². The predicted molar refractivity (Wildman–Crippen MR) is 119 cm³/mol. The maximum Gasteiger partial charge on any atom is 0.235 e. The largest absolute Gasteiger partial charge is 0.284 e. The molecule has 140 valence electrons. The molecule has 0 radical (unpaired) electrons. The number of hydrogen-bond donors (Lipinski definition) is 0. The first kappa shape index (κ1) is 18.7. The van der Waals surface area contributed by atoms with Crippen LogP contribution in [0.5, 0.6) is 0 Å². The van der Waals surface area contributed by atoms with E-state index in [4.69, 9.17) is 0 Å². The summed E-state index contributed by atoms with van der Waals surface area (Å²) in [6, 6.07) is 12.0. The third-order valence-corrected chi connectivity index (χ3v) is 6.54. The highest BCUT2D eigenvalue weighted by atomic mass is 32.1. The van der Waals surface area contributed by atoms with Crippen molar-refractivity contribution in [3.8, 4) is 21.8 Å². The zero-order chi connectivity index (χ0) is 19.3. The number of carbonyl (C=O) groups excluding carboxylic acids is 1. The van der Waals surface area contributed by atoms with Crippen molar-refractivity contribution in [2.75, 3.05) is 11.4 Å². The number of carbonyl (C=O) groups is 1. The molecule has 0 aliphatic heterocycles. The fourth-order valence-electron chi connectivity index (χ4n) is 2.70. The molecule has 1 aromatic carbocycles. The van der Waals surface area contributed by atoms with E-state index >= 15 is 0 Å². The summed E-state index contributed by atoms with van der Waals surface area (Å²) in [7, 11) is 0. The van der Waals surface area contributed by atoms with E-state index in [0.29, 0.717) is 11.7 Å². The fourth-order valence-corrected chi connectivity index (χ4v) is 5.10. The molecule has 0 bridgehead atoms. The third kappa shape index (κ3) is 4.11. The summed E-state index contributed by atoms with van der Waals surface area (Å²) in [6.07, 6.45) is 1.97. The Hall–Kier alpha value is -2.61. The second-order valence-electron chi connectivity index (χ2n) is 6.01. The topological polar surface area (TPSA) is 46.1 Å². The van der Waals surface area contributed by atoms with Crippen LogP contribution in [0, 0.1) is 0 Å². The Bertz CT molecular complexity index is 1070. The Morgan fingerprint density at radius 1 is 1.04 bits per heavy atom. The molecule has 0 saturated heterocycles. The minimum Gasteiger partial charge on any atom is -0.284 e. The van der Waals surface area contributed by atoms with Crippen LogP contribution in [0.3, 0.4) is 0 Å². The number of benzene rings is 1. The van der Waals surface area contributed by atoms with Crippen LogP contribution in [-0.4, -0.2) is 22.4 Å². The van der Waals surface area contributed by atoms with Crippen molar-refractivity contribution >= 4 is 45.0 Å². The van der Waals surface area contributed by atoms with E-state index in [0.717, 1.165) is 27.5 Å². The van der Waals surface area contributed by atoms with E-state index < -0.39 is 0 Å². The number of rotatable bonds is 7. The number of thiophene rings is 1. The van der Waals surface area contributed by atoms with Crippen molar-refractivity contribution in [2.45, 2.75) is 6.42 Å². The van der Waals surface area contributed by atoms with Gasteiger partial charge in [-0.3, -0.25) is 9.69 Å². The molecule has 4 aromatic rings. The van der Waals surface area contributed by atoms with Gasteiger partial charge in [0.15, 0.2) is 5.13 Å². The monoisotopic (exact) mass is 423 g/mol. The van der Waals surface area contributed by atoms with E-state index in [1.807, 2.05) is 52.5 Å². The van der Waals surface area contributed by atoms with Crippen LogP contribution in [0.4, 0.5) is 5.13 Å². The molecule has 3 aromatic heterocycles. The van der Waals surface area contributed by atoms with Crippen molar-refractivity contribution in [2.24, 2.45) is 0 Å². The van der Waals surface area contributed by atoms with Crippen LogP contribution < -0.4 is 4.90 Å². The Morgan fingerprint density at radius 2 is 1.89 bits per heavy atom. The van der Waals surface area contributed by atoms with Gasteiger partial charge >= 0.3 is 0 Å². The summed E-state index contributed by atoms with van der Waals surface area (Å²) in [5.41, 5.74) is 3.79. The molecule has 0 N–H and O–H groups in total. The molecule has 7 heteroatoms. The number of hydrogen-bond acceptors (Lipinski definition) is 6. The van der Waals surface area contributed by atoms with E-state index in [-0.39, 0.29) is 12.3 Å². The summed E-state index contributed by atoms with van der Waals surface area (Å²) < 4.78 is 0. The van der Waals surface area contributed by atoms with Crippen molar-refractivity contribution in [3.05, 3.63) is 76.3 Å². The van der Waals surface area contributed by atoms with Crippen molar-refractivity contribution < 1.29 is 4.79 Å². The minimum absolute atomic E-state index is 0.0315. The maximum absolute atomic E-state index is 13.0. The Morgan fingerprint density at radius 3 is 2.64 bits per heavy atom. The molecule has 0 aliphatic carbocycles. The smallest absolute Gasteiger partial charge is 0.235 e. The van der Waals surface area contributed by atoms with Crippen LogP contribution in [0.25, 0.3) is 21.8 Å². The second kappa shape index (κ2) is 8.60. The van der Waals surface area contributed by atoms with E-state index in [1.165, 1.54) is 11.3 Å². The maximum atomic E-state index is 13.0. The number of aromatic nitrogens is 2. The first-order valence-corrected chi connectivity index (χ1v) is 11.3. The third-order valence-electron chi connectivity index (χ3n) is 4.06. The Kier molecular flexibility index (Phi) is 5.76. The quantitative estimate of drug-likeness (QED) is 0.355. The Labute approximate surface area is 175 Å². The molecule has 0 fully saturated rings. The molecule has 0 aliphatic rings. The lowest BCUT2D eigenvalue weighted by molar-refractivity contribution is -0.117. The molecule has 0 atom stereocenters. The SMILES string of the molecule is C=CCN(C(=O)Cc1csc(-c2ccsc2)n1)c1nc(-c2ccccc2)cs1. The predicted octanol–water partition coefficient (Wildman–Crippen LogP) is 5.76. The highest BCUT2D eigenvalue weighted by Gasteiger charge is 2.20. The van der Waals surface area contributed by atoms with Gasteiger partial charge in [-0.1, -0.05) is 36.4 Å².